The number of benzene rings is 1. The van der Waals surface area contributed by atoms with E-state index < -0.39 is 0 Å². The quantitative estimate of drug-likeness (QED) is 0.384. The molecule has 1 aromatic carbocycles. The minimum Gasteiger partial charge on any atom is -0.409 e. The van der Waals surface area contributed by atoms with Gasteiger partial charge in [0.15, 0.2) is 5.84 Å². The second kappa shape index (κ2) is 6.61. The number of nitrogens with zero attached hydrogens (tertiary/aromatic N) is 2. The Balaban J connectivity index is 1.94. The molecule has 5 nitrogen and oxygen atoms in total. The van der Waals surface area contributed by atoms with E-state index in [0.717, 1.165) is 25.1 Å². The van der Waals surface area contributed by atoms with Crippen LogP contribution in [0.25, 0.3) is 0 Å². The number of likely N-dealkylation sites (tertiary alicyclic amines) is 1. The largest absolute Gasteiger partial charge is 0.409 e. The molecular formula is C16H23N3O2. The van der Waals surface area contributed by atoms with Gasteiger partial charge in [0.05, 0.1) is 6.42 Å². The molecule has 2 rings (SSSR count). The van der Waals surface area contributed by atoms with Crippen LogP contribution in [-0.4, -0.2) is 34.9 Å². The van der Waals surface area contributed by atoms with Crippen molar-refractivity contribution in [1.29, 1.82) is 0 Å². The predicted molar refractivity (Wildman–Crippen MR) is 82.2 cm³/mol. The van der Waals surface area contributed by atoms with E-state index in [-0.39, 0.29) is 11.7 Å². The van der Waals surface area contributed by atoms with E-state index in [4.69, 9.17) is 10.9 Å². The Labute approximate surface area is 125 Å². The summed E-state index contributed by atoms with van der Waals surface area (Å²) in [5.41, 5.74) is 7.11. The maximum Gasteiger partial charge on any atom is 0.226 e. The number of oxime groups is 1. The fraction of sp³-hybridized carbons (Fsp3) is 0.500. The Morgan fingerprint density at radius 2 is 2.10 bits per heavy atom. The topological polar surface area (TPSA) is 78.9 Å². The van der Waals surface area contributed by atoms with Gasteiger partial charge in [0.2, 0.25) is 5.91 Å². The number of rotatable bonds is 4. The van der Waals surface area contributed by atoms with Gasteiger partial charge in [-0.25, -0.2) is 0 Å². The molecule has 1 amide bonds. The van der Waals surface area contributed by atoms with Crippen LogP contribution in [-0.2, 0) is 11.2 Å². The van der Waals surface area contributed by atoms with Gasteiger partial charge in [-0.3, -0.25) is 4.79 Å². The summed E-state index contributed by atoms with van der Waals surface area (Å²) >= 11 is 0. The number of hydrogen-bond donors (Lipinski definition) is 2. The summed E-state index contributed by atoms with van der Waals surface area (Å²) in [6.07, 6.45) is 1.51. The zero-order valence-electron chi connectivity index (χ0n) is 12.6. The standard InChI is InChI=1S/C16H23N3O2/c1-11(2)14-7-8-19(10-14)15(20)9-12-3-5-13(6-4-12)16(17)18-21/h3-6,11,14,21H,7-10H2,1-2H3,(H2,17,18). The molecule has 1 heterocycles. The Kier molecular flexibility index (Phi) is 4.83. The molecular weight excluding hydrogens is 266 g/mol. The highest BCUT2D eigenvalue weighted by Crippen LogP contribution is 2.24. The van der Waals surface area contributed by atoms with Crippen LogP contribution in [0, 0.1) is 11.8 Å². The van der Waals surface area contributed by atoms with Crippen LogP contribution in [0.1, 0.15) is 31.4 Å². The number of amidine groups is 1. The van der Waals surface area contributed by atoms with Crippen molar-refractivity contribution in [1.82, 2.24) is 4.90 Å². The maximum atomic E-state index is 12.3. The fourth-order valence-electron chi connectivity index (χ4n) is 2.70. The van der Waals surface area contributed by atoms with E-state index in [1.54, 1.807) is 12.1 Å². The van der Waals surface area contributed by atoms with Crippen LogP contribution in [0.3, 0.4) is 0 Å². The second-order valence-electron chi connectivity index (χ2n) is 5.99. The van der Waals surface area contributed by atoms with Gasteiger partial charge in [0.1, 0.15) is 0 Å². The van der Waals surface area contributed by atoms with E-state index in [1.165, 1.54) is 0 Å². The molecule has 0 spiro atoms. The van der Waals surface area contributed by atoms with Crippen LogP contribution in [0.15, 0.2) is 29.4 Å². The molecule has 1 aromatic rings. The molecule has 1 saturated heterocycles. The van der Waals surface area contributed by atoms with Crippen molar-refractivity contribution in [3.8, 4) is 0 Å². The Hall–Kier alpha value is -2.04. The summed E-state index contributed by atoms with van der Waals surface area (Å²) in [5.74, 6) is 1.50. The lowest BCUT2D eigenvalue weighted by molar-refractivity contribution is -0.129. The van der Waals surface area contributed by atoms with Crippen molar-refractivity contribution in [2.75, 3.05) is 13.1 Å². The van der Waals surface area contributed by atoms with Crippen molar-refractivity contribution < 1.29 is 10.0 Å². The average molecular weight is 289 g/mol. The molecule has 3 N–H and O–H groups in total. The van der Waals surface area contributed by atoms with Crippen molar-refractivity contribution in [3.63, 3.8) is 0 Å². The number of nitrogens with two attached hydrogens (primary N) is 1. The molecule has 1 fully saturated rings. The highest BCUT2D eigenvalue weighted by atomic mass is 16.4. The van der Waals surface area contributed by atoms with Gasteiger partial charge >= 0.3 is 0 Å². The molecule has 0 radical (unpaired) electrons. The molecule has 0 aliphatic carbocycles. The number of hydrogen-bond acceptors (Lipinski definition) is 3. The molecule has 1 aliphatic rings. The van der Waals surface area contributed by atoms with Gasteiger partial charge < -0.3 is 15.8 Å². The van der Waals surface area contributed by atoms with Crippen LogP contribution in [0.2, 0.25) is 0 Å². The third-order valence-electron chi connectivity index (χ3n) is 4.23. The first kappa shape index (κ1) is 15.4. The van der Waals surface area contributed by atoms with Crippen LogP contribution < -0.4 is 5.73 Å². The predicted octanol–water partition coefficient (Wildman–Crippen LogP) is 1.83. The normalized spacial score (nSPS) is 19.3. The van der Waals surface area contributed by atoms with E-state index >= 15 is 0 Å². The second-order valence-corrected chi connectivity index (χ2v) is 5.99. The molecule has 114 valence electrons. The molecule has 1 atom stereocenters. The van der Waals surface area contributed by atoms with Gasteiger partial charge in [0, 0.05) is 18.7 Å². The van der Waals surface area contributed by atoms with Crippen molar-refractivity contribution in [2.45, 2.75) is 26.7 Å². The SMILES string of the molecule is CC(C)C1CCN(C(=O)Cc2ccc(/C(N)=N/O)cc2)C1. The molecule has 1 unspecified atom stereocenters. The molecule has 0 aromatic heterocycles. The first-order valence-electron chi connectivity index (χ1n) is 7.36. The Morgan fingerprint density at radius 3 is 2.62 bits per heavy atom. The molecule has 0 saturated carbocycles. The van der Waals surface area contributed by atoms with Gasteiger partial charge in [-0.05, 0) is 23.8 Å². The summed E-state index contributed by atoms with van der Waals surface area (Å²) in [4.78, 5) is 14.3. The van der Waals surface area contributed by atoms with Crippen LogP contribution in [0.5, 0.6) is 0 Å². The van der Waals surface area contributed by atoms with Crippen molar-refractivity contribution >= 4 is 11.7 Å². The average Bonchev–Trinajstić information content (AvgIpc) is 2.97. The number of carbonyl (C=O) groups is 1. The number of carbonyl (C=O) groups excluding carboxylic acids is 1. The summed E-state index contributed by atoms with van der Waals surface area (Å²) in [7, 11) is 0. The van der Waals surface area contributed by atoms with E-state index in [0.29, 0.717) is 23.8 Å². The first-order chi connectivity index (χ1) is 10.0. The minimum absolute atomic E-state index is 0.0761. The fourth-order valence-corrected chi connectivity index (χ4v) is 2.70. The van der Waals surface area contributed by atoms with E-state index in [9.17, 15) is 4.79 Å². The van der Waals surface area contributed by atoms with Gasteiger partial charge in [-0.2, -0.15) is 0 Å². The van der Waals surface area contributed by atoms with Crippen LogP contribution in [0.4, 0.5) is 0 Å². The van der Waals surface area contributed by atoms with Crippen LogP contribution >= 0.6 is 0 Å². The lowest BCUT2D eigenvalue weighted by Crippen LogP contribution is -2.30. The Morgan fingerprint density at radius 1 is 1.43 bits per heavy atom. The Bertz CT molecular complexity index is 523. The smallest absolute Gasteiger partial charge is 0.226 e. The highest BCUT2D eigenvalue weighted by molar-refractivity contribution is 5.97. The minimum atomic E-state index is 0.0761. The number of amides is 1. The monoisotopic (exact) mass is 289 g/mol. The first-order valence-corrected chi connectivity index (χ1v) is 7.36. The van der Waals surface area contributed by atoms with Gasteiger partial charge in [-0.1, -0.05) is 43.3 Å². The molecule has 5 heteroatoms. The third-order valence-corrected chi connectivity index (χ3v) is 4.23. The van der Waals surface area contributed by atoms with E-state index in [2.05, 4.69) is 19.0 Å². The third kappa shape index (κ3) is 3.74. The summed E-state index contributed by atoms with van der Waals surface area (Å²) in [6.45, 7) is 6.16. The summed E-state index contributed by atoms with van der Waals surface area (Å²) in [5, 5.41) is 11.6. The molecule has 0 bridgehead atoms. The molecule has 21 heavy (non-hydrogen) atoms. The summed E-state index contributed by atoms with van der Waals surface area (Å²) in [6, 6.07) is 7.22. The van der Waals surface area contributed by atoms with Gasteiger partial charge in [0.25, 0.3) is 0 Å². The maximum absolute atomic E-state index is 12.3. The zero-order valence-corrected chi connectivity index (χ0v) is 12.6. The molecule has 1 aliphatic heterocycles. The van der Waals surface area contributed by atoms with E-state index in [1.807, 2.05) is 17.0 Å². The lowest BCUT2D eigenvalue weighted by Gasteiger charge is -2.18. The highest BCUT2D eigenvalue weighted by Gasteiger charge is 2.27. The van der Waals surface area contributed by atoms with Crippen molar-refractivity contribution in [2.24, 2.45) is 22.7 Å². The van der Waals surface area contributed by atoms with Crippen molar-refractivity contribution in [3.05, 3.63) is 35.4 Å². The zero-order chi connectivity index (χ0) is 15.4. The lowest BCUT2D eigenvalue weighted by atomic mass is 9.95. The van der Waals surface area contributed by atoms with Gasteiger partial charge in [-0.15, -0.1) is 0 Å². The summed E-state index contributed by atoms with van der Waals surface area (Å²) < 4.78 is 0.